The van der Waals surface area contributed by atoms with Crippen molar-refractivity contribution in [2.75, 3.05) is 31.6 Å². The van der Waals surface area contributed by atoms with Crippen molar-refractivity contribution in [1.82, 2.24) is 10.2 Å². The maximum Gasteiger partial charge on any atom is 0.0320 e. The molecule has 1 atom stereocenters. The van der Waals surface area contributed by atoms with Gasteiger partial charge < -0.3 is 5.32 Å². The first kappa shape index (κ1) is 7.90. The largest absolute Gasteiger partial charge is 0.315 e. The third-order valence-electron chi connectivity index (χ3n) is 2.74. The first-order valence-corrected chi connectivity index (χ1v) is 5.54. The van der Waals surface area contributed by atoms with Gasteiger partial charge in [0.1, 0.15) is 0 Å². The number of likely N-dealkylation sites (tertiary alicyclic amines) is 1. The molecule has 0 amide bonds. The Balaban J connectivity index is 1.73. The summed E-state index contributed by atoms with van der Waals surface area (Å²) in [6, 6.07) is 1.69. The average Bonchev–Trinajstić information content (AvgIpc) is 2.37. The van der Waals surface area contributed by atoms with Crippen LogP contribution in [0.2, 0.25) is 0 Å². The number of likely N-dealkylation sites (N-methyl/N-ethyl adjacent to an activating group) is 1. The predicted octanol–water partition coefficient (Wildman–Crippen LogP) is 0.395. The van der Waals surface area contributed by atoms with Gasteiger partial charge in [-0.3, -0.25) is 4.90 Å². The second-order valence-corrected chi connectivity index (χ2v) is 4.61. The normalized spacial score (nSPS) is 34.1. The molecule has 2 fully saturated rings. The van der Waals surface area contributed by atoms with E-state index in [0.29, 0.717) is 0 Å². The highest BCUT2D eigenvalue weighted by Gasteiger charge is 2.32. The van der Waals surface area contributed by atoms with E-state index in [4.69, 9.17) is 0 Å². The second kappa shape index (κ2) is 3.33. The van der Waals surface area contributed by atoms with E-state index >= 15 is 0 Å². The third kappa shape index (κ3) is 1.55. The van der Waals surface area contributed by atoms with Crippen molar-refractivity contribution in [3.8, 4) is 0 Å². The molecule has 11 heavy (non-hydrogen) atoms. The lowest BCUT2D eigenvalue weighted by molar-refractivity contribution is 0.0914. The Morgan fingerprint density at radius 1 is 1.45 bits per heavy atom. The summed E-state index contributed by atoms with van der Waals surface area (Å²) in [5.74, 6) is 2.75. The van der Waals surface area contributed by atoms with Crippen molar-refractivity contribution in [2.24, 2.45) is 0 Å². The van der Waals surface area contributed by atoms with E-state index in [1.165, 1.54) is 31.0 Å². The van der Waals surface area contributed by atoms with Gasteiger partial charge in [-0.05, 0) is 19.2 Å². The Kier molecular flexibility index (Phi) is 2.39. The molecule has 2 nitrogen and oxygen atoms in total. The minimum atomic E-state index is 0.778. The highest BCUT2D eigenvalue weighted by Crippen LogP contribution is 2.25. The van der Waals surface area contributed by atoms with Crippen molar-refractivity contribution < 1.29 is 0 Å². The van der Waals surface area contributed by atoms with E-state index in [-0.39, 0.29) is 0 Å². The first-order chi connectivity index (χ1) is 5.40. The van der Waals surface area contributed by atoms with Gasteiger partial charge >= 0.3 is 0 Å². The first-order valence-electron chi connectivity index (χ1n) is 4.39. The predicted molar refractivity (Wildman–Crippen MR) is 50.2 cm³/mol. The molecule has 0 spiro atoms. The number of rotatable bonds is 2. The van der Waals surface area contributed by atoms with Crippen LogP contribution in [0.1, 0.15) is 6.42 Å². The van der Waals surface area contributed by atoms with Crippen LogP contribution in [0, 0.1) is 0 Å². The monoisotopic (exact) mass is 172 g/mol. The molecule has 1 N–H and O–H groups in total. The maximum absolute atomic E-state index is 3.31. The van der Waals surface area contributed by atoms with Crippen molar-refractivity contribution in [3.05, 3.63) is 0 Å². The Labute approximate surface area is 72.7 Å². The fourth-order valence-corrected chi connectivity index (χ4v) is 3.06. The van der Waals surface area contributed by atoms with Gasteiger partial charge in [-0.1, -0.05) is 0 Å². The van der Waals surface area contributed by atoms with Crippen LogP contribution in [0.3, 0.4) is 0 Å². The van der Waals surface area contributed by atoms with Gasteiger partial charge in [-0.15, -0.1) is 0 Å². The zero-order valence-electron chi connectivity index (χ0n) is 7.05. The van der Waals surface area contributed by atoms with Crippen LogP contribution in [0.4, 0.5) is 0 Å². The van der Waals surface area contributed by atoms with E-state index in [0.717, 1.165) is 12.1 Å². The van der Waals surface area contributed by atoms with E-state index in [9.17, 15) is 0 Å². The summed E-state index contributed by atoms with van der Waals surface area (Å²) < 4.78 is 0. The number of nitrogens with zero attached hydrogens (tertiary/aromatic N) is 1. The van der Waals surface area contributed by atoms with E-state index < -0.39 is 0 Å². The lowest BCUT2D eigenvalue weighted by Gasteiger charge is -2.42. The number of nitrogens with one attached hydrogen (secondary N) is 1. The minimum Gasteiger partial charge on any atom is -0.315 e. The summed E-state index contributed by atoms with van der Waals surface area (Å²) in [6.45, 7) is 2.56. The molecule has 0 bridgehead atoms. The molecule has 0 saturated carbocycles. The topological polar surface area (TPSA) is 15.3 Å². The highest BCUT2D eigenvalue weighted by atomic mass is 32.2. The third-order valence-corrected chi connectivity index (χ3v) is 3.88. The molecule has 2 heterocycles. The molecule has 2 rings (SSSR count). The number of hydrogen-bond acceptors (Lipinski definition) is 3. The van der Waals surface area contributed by atoms with Crippen LogP contribution in [0.5, 0.6) is 0 Å². The molecule has 1 unspecified atom stereocenters. The summed E-state index contributed by atoms with van der Waals surface area (Å²) >= 11 is 2.11. The van der Waals surface area contributed by atoms with Gasteiger partial charge in [0, 0.05) is 30.9 Å². The highest BCUT2D eigenvalue weighted by molar-refractivity contribution is 7.99. The standard InChI is InChI=1S/C8H16N2S/c1-9-7-4-10(5-7)8-2-3-11-6-8/h7-9H,2-6H2,1H3. The molecule has 2 aliphatic heterocycles. The lowest BCUT2D eigenvalue weighted by Crippen LogP contribution is -2.60. The van der Waals surface area contributed by atoms with Crippen LogP contribution in [0.15, 0.2) is 0 Å². The summed E-state index contributed by atoms with van der Waals surface area (Å²) in [5.41, 5.74) is 0. The molecular weight excluding hydrogens is 156 g/mol. The fourth-order valence-electron chi connectivity index (χ4n) is 1.80. The van der Waals surface area contributed by atoms with Gasteiger partial charge in [-0.2, -0.15) is 11.8 Å². The minimum absolute atomic E-state index is 0.778. The molecule has 64 valence electrons. The van der Waals surface area contributed by atoms with Crippen molar-refractivity contribution in [3.63, 3.8) is 0 Å². The van der Waals surface area contributed by atoms with Crippen LogP contribution >= 0.6 is 11.8 Å². The van der Waals surface area contributed by atoms with Crippen molar-refractivity contribution >= 4 is 11.8 Å². The molecule has 0 aromatic carbocycles. The Hall–Kier alpha value is 0.270. The fraction of sp³-hybridized carbons (Fsp3) is 1.00. The quantitative estimate of drug-likeness (QED) is 0.649. The Bertz CT molecular complexity index is 128. The smallest absolute Gasteiger partial charge is 0.0320 e. The average molecular weight is 172 g/mol. The van der Waals surface area contributed by atoms with Gasteiger partial charge in [0.2, 0.25) is 0 Å². The molecule has 3 heteroatoms. The van der Waals surface area contributed by atoms with E-state index in [2.05, 4.69) is 29.0 Å². The van der Waals surface area contributed by atoms with Crippen LogP contribution in [-0.2, 0) is 0 Å². The zero-order valence-corrected chi connectivity index (χ0v) is 7.86. The molecule has 0 radical (unpaired) electrons. The van der Waals surface area contributed by atoms with Crippen molar-refractivity contribution in [1.29, 1.82) is 0 Å². The lowest BCUT2D eigenvalue weighted by atomic mass is 10.1. The summed E-state index contributed by atoms with van der Waals surface area (Å²) in [5, 5.41) is 3.31. The summed E-state index contributed by atoms with van der Waals surface area (Å²) in [6.07, 6.45) is 1.42. The van der Waals surface area contributed by atoms with Gasteiger partial charge in [-0.25, -0.2) is 0 Å². The van der Waals surface area contributed by atoms with Crippen molar-refractivity contribution in [2.45, 2.75) is 18.5 Å². The van der Waals surface area contributed by atoms with Crippen LogP contribution < -0.4 is 5.32 Å². The summed E-state index contributed by atoms with van der Waals surface area (Å²) in [7, 11) is 2.06. The van der Waals surface area contributed by atoms with Gasteiger partial charge in [0.15, 0.2) is 0 Å². The van der Waals surface area contributed by atoms with Gasteiger partial charge in [0.25, 0.3) is 0 Å². The molecular formula is C8H16N2S. The Morgan fingerprint density at radius 2 is 2.27 bits per heavy atom. The van der Waals surface area contributed by atoms with Crippen LogP contribution in [0.25, 0.3) is 0 Å². The van der Waals surface area contributed by atoms with E-state index in [1.807, 2.05) is 0 Å². The number of hydrogen-bond donors (Lipinski definition) is 1. The molecule has 0 aromatic heterocycles. The van der Waals surface area contributed by atoms with E-state index in [1.54, 1.807) is 0 Å². The molecule has 2 saturated heterocycles. The molecule has 2 aliphatic rings. The van der Waals surface area contributed by atoms with Gasteiger partial charge in [0.05, 0.1) is 0 Å². The molecule has 0 aliphatic carbocycles. The SMILES string of the molecule is CNC1CN(C2CCSC2)C1. The van der Waals surface area contributed by atoms with Crippen LogP contribution in [-0.4, -0.2) is 48.6 Å². The zero-order chi connectivity index (χ0) is 7.68. The second-order valence-electron chi connectivity index (χ2n) is 3.46. The maximum atomic E-state index is 3.31. The molecule has 0 aromatic rings. The number of thioether (sulfide) groups is 1. The summed E-state index contributed by atoms with van der Waals surface area (Å²) in [4.78, 5) is 2.61. The Morgan fingerprint density at radius 3 is 2.82 bits per heavy atom.